The Morgan fingerprint density at radius 2 is 1.78 bits per heavy atom. The molecule has 1 saturated heterocycles. The third-order valence-corrected chi connectivity index (χ3v) is 4.09. The molecule has 4 heteroatoms. The Kier molecular flexibility index (Phi) is 5.03. The third kappa shape index (κ3) is 3.96. The molecule has 120 valence electrons. The van der Waals surface area contributed by atoms with Gasteiger partial charge < -0.3 is 4.74 Å². The highest BCUT2D eigenvalue weighted by molar-refractivity contribution is 5.77. The van der Waals surface area contributed by atoms with Crippen LogP contribution in [0.25, 0.3) is 0 Å². The first-order valence-electron chi connectivity index (χ1n) is 7.87. The lowest BCUT2D eigenvalue weighted by Crippen LogP contribution is -2.34. The molecular weight excluding hydrogens is 293 g/mol. The Morgan fingerprint density at radius 1 is 1.13 bits per heavy atom. The number of halogens is 1. The number of benzene rings is 2. The predicted octanol–water partition coefficient (Wildman–Crippen LogP) is 3.51. The minimum Gasteiger partial charge on any atom is -0.459 e. The summed E-state index contributed by atoms with van der Waals surface area (Å²) in [5.41, 5.74) is 1.79. The summed E-state index contributed by atoms with van der Waals surface area (Å²) in [6.07, 6.45) is -0.405. The number of nitrogens with zero attached hydrogens (tertiary/aromatic N) is 1. The van der Waals surface area contributed by atoms with E-state index in [-0.39, 0.29) is 19.1 Å². The number of esters is 1. The number of alkyl halides is 1. The van der Waals surface area contributed by atoms with Gasteiger partial charge in [0, 0.05) is 13.1 Å². The quantitative estimate of drug-likeness (QED) is 0.791. The van der Waals surface area contributed by atoms with Crippen LogP contribution in [0.3, 0.4) is 0 Å². The van der Waals surface area contributed by atoms with Crippen molar-refractivity contribution < 1.29 is 13.9 Å². The third-order valence-electron chi connectivity index (χ3n) is 4.09. The van der Waals surface area contributed by atoms with E-state index in [4.69, 9.17) is 4.74 Å². The molecule has 3 rings (SSSR count). The van der Waals surface area contributed by atoms with E-state index < -0.39 is 12.2 Å². The molecule has 1 fully saturated rings. The van der Waals surface area contributed by atoms with E-state index in [1.165, 1.54) is 0 Å². The Balaban J connectivity index is 1.73. The molecule has 1 aliphatic heterocycles. The van der Waals surface area contributed by atoms with E-state index in [0.29, 0.717) is 13.0 Å². The number of rotatable bonds is 5. The second-order valence-electron chi connectivity index (χ2n) is 5.79. The highest BCUT2D eigenvalue weighted by Crippen LogP contribution is 2.27. The lowest BCUT2D eigenvalue weighted by atomic mass is 10.1. The molecule has 1 aliphatic rings. The molecule has 2 unspecified atom stereocenters. The summed E-state index contributed by atoms with van der Waals surface area (Å²) in [4.78, 5) is 14.5. The van der Waals surface area contributed by atoms with Crippen molar-refractivity contribution in [2.45, 2.75) is 25.2 Å². The smallest absolute Gasteiger partial charge is 0.328 e. The van der Waals surface area contributed by atoms with Gasteiger partial charge in [-0.3, -0.25) is 4.90 Å². The Bertz CT molecular complexity index is 632. The van der Waals surface area contributed by atoms with Crippen LogP contribution in [0.15, 0.2) is 60.7 Å². The molecule has 23 heavy (non-hydrogen) atoms. The molecule has 0 spiro atoms. The molecular formula is C19H20FNO2. The molecule has 0 aliphatic carbocycles. The van der Waals surface area contributed by atoms with Gasteiger partial charge >= 0.3 is 5.97 Å². The van der Waals surface area contributed by atoms with Gasteiger partial charge in [-0.15, -0.1) is 0 Å². The number of hydrogen-bond acceptors (Lipinski definition) is 3. The van der Waals surface area contributed by atoms with E-state index >= 15 is 0 Å². The van der Waals surface area contributed by atoms with E-state index in [2.05, 4.69) is 0 Å². The van der Waals surface area contributed by atoms with E-state index in [1.54, 1.807) is 0 Å². The summed E-state index contributed by atoms with van der Waals surface area (Å²) in [5, 5.41) is 0. The van der Waals surface area contributed by atoms with Gasteiger partial charge in [0.05, 0.1) is 0 Å². The SMILES string of the molecule is O=C(OCc1ccccc1)C(c1ccccc1)N1CCC(F)C1. The molecule has 2 atom stereocenters. The number of ether oxygens (including phenoxy) is 1. The molecule has 0 amide bonds. The lowest BCUT2D eigenvalue weighted by Gasteiger charge is -2.26. The van der Waals surface area contributed by atoms with Gasteiger partial charge in [-0.05, 0) is 17.5 Å². The Labute approximate surface area is 135 Å². The fourth-order valence-corrected chi connectivity index (χ4v) is 2.92. The van der Waals surface area contributed by atoms with Crippen molar-refractivity contribution in [1.82, 2.24) is 4.90 Å². The minimum atomic E-state index is -0.872. The summed E-state index contributed by atoms with van der Waals surface area (Å²) in [7, 11) is 0. The maximum Gasteiger partial charge on any atom is 0.328 e. The predicted molar refractivity (Wildman–Crippen MR) is 86.5 cm³/mol. The van der Waals surface area contributed by atoms with Crippen LogP contribution in [0, 0.1) is 0 Å². The molecule has 0 N–H and O–H groups in total. The van der Waals surface area contributed by atoms with Crippen LogP contribution in [0.4, 0.5) is 4.39 Å². The fourth-order valence-electron chi connectivity index (χ4n) is 2.92. The average Bonchev–Trinajstić information content (AvgIpc) is 3.01. The number of hydrogen-bond donors (Lipinski definition) is 0. The summed E-state index contributed by atoms with van der Waals surface area (Å²) < 4.78 is 19.1. The molecule has 0 radical (unpaired) electrons. The topological polar surface area (TPSA) is 29.5 Å². The fraction of sp³-hybridized carbons (Fsp3) is 0.316. The zero-order chi connectivity index (χ0) is 16.1. The van der Waals surface area contributed by atoms with Gasteiger partial charge in [-0.25, -0.2) is 9.18 Å². The molecule has 2 aromatic carbocycles. The summed E-state index contributed by atoms with van der Waals surface area (Å²) in [6, 6.07) is 18.5. The number of carbonyl (C=O) groups excluding carboxylic acids is 1. The van der Waals surface area contributed by atoms with Crippen molar-refractivity contribution in [3.63, 3.8) is 0 Å². The van der Waals surface area contributed by atoms with Gasteiger partial charge in [0.2, 0.25) is 0 Å². The zero-order valence-corrected chi connectivity index (χ0v) is 12.9. The standard InChI is InChI=1S/C19H20FNO2/c20-17-11-12-21(13-17)18(16-9-5-2-6-10-16)19(22)23-14-15-7-3-1-4-8-15/h1-10,17-18H,11-14H2. The Hall–Kier alpha value is -2.20. The van der Waals surface area contributed by atoms with Gasteiger partial charge in [-0.1, -0.05) is 60.7 Å². The second-order valence-corrected chi connectivity index (χ2v) is 5.79. The van der Waals surface area contributed by atoms with Crippen LogP contribution in [-0.4, -0.2) is 30.1 Å². The summed E-state index contributed by atoms with van der Waals surface area (Å²) in [6.45, 7) is 1.08. The molecule has 0 saturated carbocycles. The van der Waals surface area contributed by atoms with Crippen molar-refractivity contribution in [3.8, 4) is 0 Å². The normalized spacial score (nSPS) is 19.4. The average molecular weight is 313 g/mol. The highest BCUT2D eigenvalue weighted by atomic mass is 19.1. The van der Waals surface area contributed by atoms with Crippen molar-refractivity contribution >= 4 is 5.97 Å². The second kappa shape index (κ2) is 7.38. The highest BCUT2D eigenvalue weighted by Gasteiger charge is 2.34. The van der Waals surface area contributed by atoms with E-state index in [1.807, 2.05) is 65.6 Å². The number of carbonyl (C=O) groups is 1. The van der Waals surface area contributed by atoms with Crippen LogP contribution in [0.2, 0.25) is 0 Å². The number of likely N-dealkylation sites (tertiary alicyclic amines) is 1. The summed E-state index contributed by atoms with van der Waals surface area (Å²) >= 11 is 0. The van der Waals surface area contributed by atoms with Crippen molar-refractivity contribution in [2.24, 2.45) is 0 Å². The monoisotopic (exact) mass is 313 g/mol. The zero-order valence-electron chi connectivity index (χ0n) is 12.9. The van der Waals surface area contributed by atoms with Gasteiger partial charge in [-0.2, -0.15) is 0 Å². The minimum absolute atomic E-state index is 0.232. The van der Waals surface area contributed by atoms with Crippen LogP contribution in [0.1, 0.15) is 23.6 Å². The van der Waals surface area contributed by atoms with Crippen molar-refractivity contribution in [2.75, 3.05) is 13.1 Å². The molecule has 0 bridgehead atoms. The Morgan fingerprint density at radius 3 is 2.39 bits per heavy atom. The van der Waals surface area contributed by atoms with Crippen LogP contribution < -0.4 is 0 Å². The largest absolute Gasteiger partial charge is 0.459 e. The van der Waals surface area contributed by atoms with Crippen LogP contribution >= 0.6 is 0 Å². The van der Waals surface area contributed by atoms with E-state index in [0.717, 1.165) is 11.1 Å². The molecule has 3 nitrogen and oxygen atoms in total. The molecule has 1 heterocycles. The summed E-state index contributed by atoms with van der Waals surface area (Å²) in [5.74, 6) is -0.325. The maximum atomic E-state index is 13.6. The van der Waals surface area contributed by atoms with Crippen molar-refractivity contribution in [3.05, 3.63) is 71.8 Å². The van der Waals surface area contributed by atoms with Crippen LogP contribution in [0.5, 0.6) is 0 Å². The van der Waals surface area contributed by atoms with Gasteiger partial charge in [0.25, 0.3) is 0 Å². The lowest BCUT2D eigenvalue weighted by molar-refractivity contribution is -0.151. The molecule has 0 aromatic heterocycles. The first-order valence-corrected chi connectivity index (χ1v) is 7.87. The van der Waals surface area contributed by atoms with Crippen molar-refractivity contribution in [1.29, 1.82) is 0 Å². The van der Waals surface area contributed by atoms with Crippen LogP contribution in [-0.2, 0) is 16.1 Å². The van der Waals surface area contributed by atoms with E-state index in [9.17, 15) is 9.18 Å². The first-order chi connectivity index (χ1) is 11.2. The van der Waals surface area contributed by atoms with Gasteiger partial charge in [0.1, 0.15) is 18.8 Å². The van der Waals surface area contributed by atoms with Gasteiger partial charge in [0.15, 0.2) is 0 Å². The maximum absolute atomic E-state index is 13.6. The molecule has 2 aromatic rings. The first kappa shape index (κ1) is 15.7.